The van der Waals surface area contributed by atoms with Gasteiger partial charge in [0.15, 0.2) is 6.61 Å². The summed E-state index contributed by atoms with van der Waals surface area (Å²) in [6.07, 6.45) is 1.51. The second kappa shape index (κ2) is 9.02. The molecule has 2 aromatic carbocycles. The molecule has 0 spiro atoms. The zero-order valence-corrected chi connectivity index (χ0v) is 15.4. The van der Waals surface area contributed by atoms with Crippen LogP contribution in [0.4, 0.5) is 0 Å². The summed E-state index contributed by atoms with van der Waals surface area (Å²) in [5, 5.41) is 4.25. The molecule has 132 valence electrons. The van der Waals surface area contributed by atoms with Crippen LogP contribution in [0, 0.1) is 20.8 Å². The number of hydrazone groups is 1. The number of amides is 1. The molecular weight excluding hydrogens is 312 g/mol. The van der Waals surface area contributed by atoms with Crippen molar-refractivity contribution in [2.45, 2.75) is 40.5 Å². The van der Waals surface area contributed by atoms with Crippen molar-refractivity contribution in [3.05, 3.63) is 64.7 Å². The number of carbonyl (C=O) groups is 1. The fourth-order valence-electron chi connectivity index (χ4n) is 2.78. The molecule has 4 nitrogen and oxygen atoms in total. The summed E-state index contributed by atoms with van der Waals surface area (Å²) in [6, 6.07) is 14.2. The van der Waals surface area contributed by atoms with Crippen LogP contribution in [-0.2, 0) is 11.2 Å². The first kappa shape index (κ1) is 18.7. The van der Waals surface area contributed by atoms with Gasteiger partial charge in [0, 0.05) is 12.1 Å². The van der Waals surface area contributed by atoms with Gasteiger partial charge < -0.3 is 4.74 Å². The van der Waals surface area contributed by atoms with Gasteiger partial charge in [0.2, 0.25) is 0 Å². The predicted octanol–water partition coefficient (Wildman–Crippen LogP) is 4.12. The highest BCUT2D eigenvalue weighted by Crippen LogP contribution is 2.24. The number of hydrogen-bond acceptors (Lipinski definition) is 3. The first-order chi connectivity index (χ1) is 12.0. The van der Waals surface area contributed by atoms with Crippen LogP contribution in [0.5, 0.6) is 5.75 Å². The van der Waals surface area contributed by atoms with Crippen LogP contribution in [0.1, 0.15) is 35.6 Å². The second-order valence-electron chi connectivity index (χ2n) is 6.25. The Kier molecular flexibility index (Phi) is 6.75. The van der Waals surface area contributed by atoms with E-state index in [4.69, 9.17) is 4.74 Å². The van der Waals surface area contributed by atoms with Crippen LogP contribution in [0.15, 0.2) is 47.6 Å². The molecule has 0 aliphatic rings. The Bertz CT molecular complexity index is 729. The summed E-state index contributed by atoms with van der Waals surface area (Å²) >= 11 is 0. The first-order valence-electron chi connectivity index (χ1n) is 8.58. The number of ether oxygens (including phenoxy) is 1. The van der Waals surface area contributed by atoms with Crippen LogP contribution in [-0.4, -0.2) is 18.2 Å². The van der Waals surface area contributed by atoms with Crippen molar-refractivity contribution in [3.8, 4) is 5.75 Å². The second-order valence-corrected chi connectivity index (χ2v) is 6.25. The molecule has 1 amide bonds. The molecular formula is C21H26N2O2. The lowest BCUT2D eigenvalue weighted by atomic mass is 10.1. The summed E-state index contributed by atoms with van der Waals surface area (Å²) in [6.45, 7) is 8.01. The summed E-state index contributed by atoms with van der Waals surface area (Å²) in [5.74, 6) is 0.517. The zero-order valence-electron chi connectivity index (χ0n) is 15.4. The standard InChI is InChI=1S/C21H26N2O2/c1-5-19(13-18-9-7-6-8-10-18)22-23-20(24)14-25-21-16(3)11-15(2)12-17(21)4/h6-12H,5,13-14H2,1-4H3,(H,23,24)/b22-19-. The maximum absolute atomic E-state index is 12.0. The van der Waals surface area contributed by atoms with Crippen molar-refractivity contribution in [1.29, 1.82) is 0 Å². The Morgan fingerprint density at radius 1 is 1.08 bits per heavy atom. The van der Waals surface area contributed by atoms with Crippen LogP contribution in [0.3, 0.4) is 0 Å². The van der Waals surface area contributed by atoms with E-state index < -0.39 is 0 Å². The van der Waals surface area contributed by atoms with E-state index in [-0.39, 0.29) is 12.5 Å². The molecule has 0 unspecified atom stereocenters. The van der Waals surface area contributed by atoms with Gasteiger partial charge in [-0.2, -0.15) is 5.10 Å². The molecule has 0 fully saturated rings. The van der Waals surface area contributed by atoms with E-state index in [0.717, 1.165) is 35.4 Å². The van der Waals surface area contributed by atoms with Crippen LogP contribution in [0.2, 0.25) is 0 Å². The van der Waals surface area contributed by atoms with Crippen molar-refractivity contribution in [2.24, 2.45) is 5.10 Å². The number of hydrogen-bond donors (Lipinski definition) is 1. The number of carbonyl (C=O) groups excluding carboxylic acids is 1. The molecule has 0 bridgehead atoms. The molecule has 0 radical (unpaired) electrons. The lowest BCUT2D eigenvalue weighted by Crippen LogP contribution is -2.26. The highest BCUT2D eigenvalue weighted by molar-refractivity contribution is 5.88. The van der Waals surface area contributed by atoms with Crippen molar-refractivity contribution < 1.29 is 9.53 Å². The third kappa shape index (κ3) is 5.75. The highest BCUT2D eigenvalue weighted by Gasteiger charge is 2.08. The van der Waals surface area contributed by atoms with E-state index >= 15 is 0 Å². The first-order valence-corrected chi connectivity index (χ1v) is 8.58. The van der Waals surface area contributed by atoms with Gasteiger partial charge in [-0.25, -0.2) is 5.43 Å². The summed E-state index contributed by atoms with van der Waals surface area (Å²) in [7, 11) is 0. The van der Waals surface area contributed by atoms with Crippen LogP contribution < -0.4 is 10.2 Å². The van der Waals surface area contributed by atoms with E-state index in [2.05, 4.69) is 22.7 Å². The number of aryl methyl sites for hydroxylation is 3. The molecule has 2 aromatic rings. The maximum Gasteiger partial charge on any atom is 0.277 e. The molecule has 0 aliphatic heterocycles. The summed E-state index contributed by atoms with van der Waals surface area (Å²) < 4.78 is 5.69. The molecule has 0 aromatic heterocycles. The van der Waals surface area contributed by atoms with E-state index in [0.29, 0.717) is 0 Å². The molecule has 0 heterocycles. The lowest BCUT2D eigenvalue weighted by molar-refractivity contribution is -0.123. The predicted molar refractivity (Wildman–Crippen MR) is 102 cm³/mol. The Labute approximate surface area is 149 Å². The van der Waals surface area contributed by atoms with Gasteiger partial charge in [0.05, 0.1) is 0 Å². The molecule has 0 saturated heterocycles. The normalized spacial score (nSPS) is 11.3. The largest absolute Gasteiger partial charge is 0.483 e. The number of benzene rings is 2. The smallest absolute Gasteiger partial charge is 0.277 e. The van der Waals surface area contributed by atoms with Gasteiger partial charge in [-0.05, 0) is 43.9 Å². The number of nitrogens with zero attached hydrogens (tertiary/aromatic N) is 1. The van der Waals surface area contributed by atoms with Crippen molar-refractivity contribution in [1.82, 2.24) is 5.43 Å². The zero-order chi connectivity index (χ0) is 18.2. The SMILES string of the molecule is CC/C(Cc1ccccc1)=N/NC(=O)COc1c(C)cc(C)cc1C. The number of rotatable bonds is 7. The quantitative estimate of drug-likeness (QED) is 0.610. The minimum absolute atomic E-state index is 0.0451. The average molecular weight is 338 g/mol. The Hall–Kier alpha value is -2.62. The van der Waals surface area contributed by atoms with Gasteiger partial charge in [0.25, 0.3) is 5.91 Å². The highest BCUT2D eigenvalue weighted by atomic mass is 16.5. The fourth-order valence-corrected chi connectivity index (χ4v) is 2.78. The minimum Gasteiger partial charge on any atom is -0.483 e. The van der Waals surface area contributed by atoms with Gasteiger partial charge in [0.1, 0.15) is 5.75 Å². The summed E-state index contributed by atoms with van der Waals surface area (Å²) in [5.41, 5.74) is 7.97. The topological polar surface area (TPSA) is 50.7 Å². The van der Waals surface area contributed by atoms with E-state index in [1.165, 1.54) is 11.1 Å². The summed E-state index contributed by atoms with van der Waals surface area (Å²) in [4.78, 5) is 12.0. The Morgan fingerprint density at radius 3 is 2.32 bits per heavy atom. The lowest BCUT2D eigenvalue weighted by Gasteiger charge is -2.12. The molecule has 0 aliphatic carbocycles. The monoisotopic (exact) mass is 338 g/mol. The van der Waals surface area contributed by atoms with Gasteiger partial charge in [-0.3, -0.25) is 4.79 Å². The molecule has 25 heavy (non-hydrogen) atoms. The van der Waals surface area contributed by atoms with Gasteiger partial charge in [-0.1, -0.05) is 55.0 Å². The molecule has 1 N–H and O–H groups in total. The number of nitrogens with one attached hydrogen (secondary N) is 1. The molecule has 2 rings (SSSR count). The van der Waals surface area contributed by atoms with Crippen molar-refractivity contribution in [3.63, 3.8) is 0 Å². The molecule has 0 saturated carbocycles. The fraction of sp³-hybridized carbons (Fsp3) is 0.333. The Morgan fingerprint density at radius 2 is 1.72 bits per heavy atom. The van der Waals surface area contributed by atoms with Gasteiger partial charge >= 0.3 is 0 Å². The average Bonchev–Trinajstić information content (AvgIpc) is 2.58. The van der Waals surface area contributed by atoms with Crippen LogP contribution in [0.25, 0.3) is 0 Å². The Balaban J connectivity index is 1.91. The third-order valence-electron chi connectivity index (χ3n) is 3.95. The van der Waals surface area contributed by atoms with Crippen molar-refractivity contribution >= 4 is 11.6 Å². The van der Waals surface area contributed by atoms with E-state index in [1.54, 1.807) is 0 Å². The molecule has 4 heteroatoms. The minimum atomic E-state index is -0.251. The maximum atomic E-state index is 12.0. The third-order valence-corrected chi connectivity index (χ3v) is 3.95. The van der Waals surface area contributed by atoms with Crippen molar-refractivity contribution in [2.75, 3.05) is 6.61 Å². The molecule has 0 atom stereocenters. The van der Waals surface area contributed by atoms with Crippen LogP contribution >= 0.6 is 0 Å². The van der Waals surface area contributed by atoms with Gasteiger partial charge in [-0.15, -0.1) is 0 Å². The van der Waals surface area contributed by atoms with E-state index in [1.807, 2.05) is 58.0 Å². The van der Waals surface area contributed by atoms with E-state index in [9.17, 15) is 4.79 Å².